The first-order valence-corrected chi connectivity index (χ1v) is 8.77. The predicted octanol–water partition coefficient (Wildman–Crippen LogP) is 2.75. The number of carbonyl (C=O) groups is 1. The highest BCUT2D eigenvalue weighted by molar-refractivity contribution is 7.92. The summed E-state index contributed by atoms with van der Waals surface area (Å²) >= 11 is 0. The van der Waals surface area contributed by atoms with E-state index in [9.17, 15) is 13.2 Å². The maximum atomic E-state index is 13.0. The Morgan fingerprint density at radius 3 is 2.56 bits per heavy atom. The molecule has 2 rings (SSSR count). The molecule has 2 aromatic carbocycles. The van der Waals surface area contributed by atoms with Crippen LogP contribution in [0.2, 0.25) is 0 Å². The molecule has 0 unspecified atom stereocenters. The number of carbonyl (C=O) groups excluding carboxylic acids is 1. The van der Waals surface area contributed by atoms with Crippen LogP contribution >= 0.6 is 0 Å². The Bertz CT molecular complexity index is 902. The van der Waals surface area contributed by atoms with Crippen molar-refractivity contribution in [1.29, 1.82) is 5.26 Å². The highest BCUT2D eigenvalue weighted by atomic mass is 32.2. The van der Waals surface area contributed by atoms with Crippen molar-refractivity contribution in [2.75, 3.05) is 17.5 Å². The van der Waals surface area contributed by atoms with E-state index in [1.54, 1.807) is 36.4 Å². The molecule has 0 spiro atoms. The number of sulfonamides is 1. The van der Waals surface area contributed by atoms with E-state index >= 15 is 0 Å². The third-order valence-corrected chi connectivity index (χ3v) is 5.05. The predicted molar refractivity (Wildman–Crippen MR) is 93.5 cm³/mol. The van der Waals surface area contributed by atoms with Crippen LogP contribution in [0.5, 0.6) is 0 Å². The second-order valence-electron chi connectivity index (χ2n) is 4.92. The molecule has 0 heterocycles. The smallest absolute Gasteiger partial charge is 0.339 e. The molecular formula is C18H16N2O4S. The van der Waals surface area contributed by atoms with Gasteiger partial charge < -0.3 is 4.74 Å². The van der Waals surface area contributed by atoms with Crippen molar-refractivity contribution in [1.82, 2.24) is 0 Å². The summed E-state index contributed by atoms with van der Waals surface area (Å²) in [5.41, 5.74) is 0.544. The van der Waals surface area contributed by atoms with Gasteiger partial charge in [0, 0.05) is 0 Å². The monoisotopic (exact) mass is 356 g/mol. The number of para-hydroxylation sites is 1. The number of hydrogen-bond acceptors (Lipinski definition) is 5. The number of ether oxygens (including phenoxy) is 1. The van der Waals surface area contributed by atoms with Crippen molar-refractivity contribution < 1.29 is 17.9 Å². The van der Waals surface area contributed by atoms with Gasteiger partial charge in [-0.3, -0.25) is 4.31 Å². The van der Waals surface area contributed by atoms with E-state index in [1.807, 2.05) is 0 Å². The number of esters is 1. The quantitative estimate of drug-likeness (QED) is 0.562. The molecule has 0 bridgehead atoms. The lowest BCUT2D eigenvalue weighted by molar-refractivity contribution is 0.0554. The van der Waals surface area contributed by atoms with Gasteiger partial charge in [0.1, 0.15) is 6.07 Å². The average molecular weight is 356 g/mol. The largest absolute Gasteiger partial charge is 0.447 e. The molecule has 0 radical (unpaired) electrons. The average Bonchev–Trinajstić information content (AvgIpc) is 2.64. The van der Waals surface area contributed by atoms with Crippen LogP contribution in [0.15, 0.2) is 72.1 Å². The van der Waals surface area contributed by atoms with Crippen LogP contribution in [-0.2, 0) is 14.8 Å². The zero-order valence-electron chi connectivity index (χ0n) is 13.3. The molecule has 0 aliphatic heterocycles. The normalized spacial score (nSPS) is 10.5. The maximum Gasteiger partial charge on any atom is 0.339 e. The van der Waals surface area contributed by atoms with Crippen LogP contribution in [-0.4, -0.2) is 27.5 Å². The molecule has 2 aromatic rings. The van der Waals surface area contributed by atoms with E-state index in [2.05, 4.69) is 6.58 Å². The van der Waals surface area contributed by atoms with E-state index in [0.717, 1.165) is 0 Å². The van der Waals surface area contributed by atoms with Gasteiger partial charge in [-0.2, -0.15) is 5.26 Å². The molecule has 7 heteroatoms. The van der Waals surface area contributed by atoms with E-state index in [1.165, 1.54) is 34.6 Å². The van der Waals surface area contributed by atoms with Gasteiger partial charge in [0.05, 0.1) is 22.7 Å². The lowest BCUT2D eigenvalue weighted by Gasteiger charge is -2.23. The Labute approximate surface area is 146 Å². The highest BCUT2D eigenvalue weighted by Gasteiger charge is 2.25. The van der Waals surface area contributed by atoms with Crippen LogP contribution in [0.25, 0.3) is 0 Å². The van der Waals surface area contributed by atoms with Crippen molar-refractivity contribution in [2.45, 2.75) is 4.90 Å². The lowest BCUT2D eigenvalue weighted by Crippen LogP contribution is -2.31. The second kappa shape index (κ2) is 8.13. The Kier molecular flexibility index (Phi) is 5.93. The number of hydrogen-bond donors (Lipinski definition) is 0. The Morgan fingerprint density at radius 2 is 1.92 bits per heavy atom. The lowest BCUT2D eigenvalue weighted by atomic mass is 10.2. The van der Waals surface area contributed by atoms with Crippen molar-refractivity contribution in [2.24, 2.45) is 0 Å². The number of anilines is 1. The molecule has 0 saturated carbocycles. The fourth-order valence-corrected chi connectivity index (χ4v) is 3.63. The molecule has 128 valence electrons. The third kappa shape index (κ3) is 4.25. The van der Waals surface area contributed by atoms with Crippen LogP contribution in [0.3, 0.4) is 0 Å². The van der Waals surface area contributed by atoms with Gasteiger partial charge in [-0.15, -0.1) is 6.58 Å². The topological polar surface area (TPSA) is 87.5 Å². The minimum atomic E-state index is -3.90. The molecule has 6 nitrogen and oxygen atoms in total. The molecule has 0 aliphatic rings. The first-order chi connectivity index (χ1) is 12.0. The van der Waals surface area contributed by atoms with Crippen molar-refractivity contribution in [3.8, 4) is 6.07 Å². The minimum Gasteiger partial charge on any atom is -0.447 e. The van der Waals surface area contributed by atoms with E-state index in [0.29, 0.717) is 5.69 Å². The van der Waals surface area contributed by atoms with Gasteiger partial charge in [-0.05, 0) is 30.3 Å². The van der Waals surface area contributed by atoms with Crippen molar-refractivity contribution in [3.05, 3.63) is 72.8 Å². The van der Waals surface area contributed by atoms with E-state index in [4.69, 9.17) is 10.00 Å². The molecule has 0 saturated heterocycles. The first-order valence-electron chi connectivity index (χ1n) is 7.33. The zero-order valence-corrected chi connectivity index (χ0v) is 14.1. The Morgan fingerprint density at radius 1 is 1.20 bits per heavy atom. The second-order valence-corrected chi connectivity index (χ2v) is 6.78. The molecular weight excluding hydrogens is 340 g/mol. The number of nitrogens with zero attached hydrogens (tertiary/aromatic N) is 2. The maximum absolute atomic E-state index is 13.0. The molecule has 0 amide bonds. The van der Waals surface area contributed by atoms with Crippen LogP contribution < -0.4 is 4.31 Å². The summed E-state index contributed by atoms with van der Waals surface area (Å²) in [7, 11) is -3.90. The fourth-order valence-electron chi connectivity index (χ4n) is 2.15. The summed E-state index contributed by atoms with van der Waals surface area (Å²) in [5.74, 6) is -0.756. The summed E-state index contributed by atoms with van der Waals surface area (Å²) in [6.07, 6.45) is 1.48. The molecule has 0 aromatic heterocycles. The molecule has 0 fully saturated rings. The van der Waals surface area contributed by atoms with Gasteiger partial charge in [0.25, 0.3) is 10.0 Å². The number of benzene rings is 2. The molecule has 25 heavy (non-hydrogen) atoms. The van der Waals surface area contributed by atoms with Crippen molar-refractivity contribution in [3.63, 3.8) is 0 Å². The van der Waals surface area contributed by atoms with Crippen LogP contribution in [0.1, 0.15) is 10.4 Å². The Hall–Kier alpha value is -3.11. The van der Waals surface area contributed by atoms with Crippen molar-refractivity contribution >= 4 is 21.7 Å². The fraction of sp³-hybridized carbons (Fsp3) is 0.111. The number of nitriles is 1. The molecule has 0 atom stereocenters. The summed E-state index contributed by atoms with van der Waals surface area (Å²) < 4.78 is 31.9. The highest BCUT2D eigenvalue weighted by Crippen LogP contribution is 2.24. The summed E-state index contributed by atoms with van der Waals surface area (Å²) in [6, 6.07) is 15.8. The van der Waals surface area contributed by atoms with Crippen LogP contribution in [0.4, 0.5) is 5.69 Å². The molecule has 0 N–H and O–H groups in total. The van der Waals surface area contributed by atoms with Gasteiger partial charge >= 0.3 is 5.97 Å². The minimum absolute atomic E-state index is 0.0513. The first kappa shape index (κ1) is 18.2. The van der Waals surface area contributed by atoms with Gasteiger partial charge in [0.2, 0.25) is 0 Å². The van der Waals surface area contributed by atoms with E-state index in [-0.39, 0.29) is 17.0 Å². The van der Waals surface area contributed by atoms with Crippen LogP contribution in [0, 0.1) is 11.3 Å². The SMILES string of the molecule is C=CCN(c1ccccc1)S(=O)(=O)c1cccc(C(=O)OCC#N)c1. The standard InChI is InChI=1S/C18H16N2O4S/c1-2-12-20(16-8-4-3-5-9-16)25(22,23)17-10-6-7-15(14-17)18(21)24-13-11-19/h2-10,14H,1,12-13H2. The summed E-state index contributed by atoms with van der Waals surface area (Å²) in [4.78, 5) is 11.8. The van der Waals surface area contributed by atoms with Gasteiger partial charge in [-0.25, -0.2) is 13.2 Å². The zero-order chi connectivity index (χ0) is 18.3. The third-order valence-electron chi connectivity index (χ3n) is 3.26. The Balaban J connectivity index is 2.42. The van der Waals surface area contributed by atoms with Gasteiger partial charge in [0.15, 0.2) is 6.61 Å². The summed E-state index contributed by atoms with van der Waals surface area (Å²) in [6.45, 7) is 3.28. The number of rotatable bonds is 7. The summed E-state index contributed by atoms with van der Waals surface area (Å²) in [5, 5.41) is 8.46. The van der Waals surface area contributed by atoms with E-state index < -0.39 is 22.6 Å². The molecule has 0 aliphatic carbocycles. The van der Waals surface area contributed by atoms with Gasteiger partial charge in [-0.1, -0.05) is 30.3 Å².